The molecule has 2 bridgehead atoms. The molecule has 0 aliphatic carbocycles. The van der Waals surface area contributed by atoms with Crippen LogP contribution >= 0.6 is 0 Å². The normalized spacial score (nSPS) is 18.5. The first-order chi connectivity index (χ1) is 56.4. The Kier molecular flexibility index (Phi) is 70.4. The van der Waals surface area contributed by atoms with Gasteiger partial charge in [-0.15, -0.1) is 0 Å². The molecule has 4 atom stereocenters. The van der Waals surface area contributed by atoms with E-state index in [1.54, 1.807) is 12.5 Å². The van der Waals surface area contributed by atoms with Crippen molar-refractivity contribution in [3.8, 4) is 0 Å². The summed E-state index contributed by atoms with van der Waals surface area (Å²) in [6.45, 7) is 79.5. The Balaban J connectivity index is 0. The van der Waals surface area contributed by atoms with E-state index in [0.29, 0.717) is 110 Å². The molecule has 5 fully saturated rings. The highest BCUT2D eigenvalue weighted by Gasteiger charge is 2.54. The predicted molar refractivity (Wildman–Crippen MR) is 509 cm³/mol. The number of amides is 1. The SMILES string of the molecule is CC(C)N1CC2(C)CC1(C)CN2.CC(C)N1CCNC(=O)C1C.CC(C)N1CCNCC1.CC(C)NC1CCCN(Cc2ccccc2)C1.CC(C)NCC(=N)N.CC(C)NCCN.CC(C)NCCN(CCN)CCN.CC(C)NCCOCCN.CC(C)NCc1ccccn1.CC(C)NCc1cccnc1.CC(C)NCc1ccco1. The Bertz CT molecular complexity index is 2820. The number of carbonyl (C=O) groups excluding carboxylic acids is 1. The summed E-state index contributed by atoms with van der Waals surface area (Å²) in [5, 5.41) is 42.9. The van der Waals surface area contributed by atoms with Gasteiger partial charge in [0.2, 0.25) is 5.91 Å². The van der Waals surface area contributed by atoms with Crippen LogP contribution in [0.5, 0.6) is 0 Å². The zero-order chi connectivity index (χ0) is 90.0. The van der Waals surface area contributed by atoms with Gasteiger partial charge in [0.05, 0.1) is 44.3 Å². The van der Waals surface area contributed by atoms with E-state index in [9.17, 15) is 4.79 Å². The molecule has 9 rings (SSSR count). The number of nitrogens with zero attached hydrogens (tertiary/aromatic N) is 7. The Morgan fingerprint density at radius 2 is 1.18 bits per heavy atom. The largest absolute Gasteiger partial charge is 0.468 e. The van der Waals surface area contributed by atoms with Crippen molar-refractivity contribution < 1.29 is 13.9 Å². The molecule has 119 heavy (non-hydrogen) atoms. The molecule has 5 aliphatic heterocycles. The average molecular weight is 1680 g/mol. The van der Waals surface area contributed by atoms with Gasteiger partial charge in [-0.3, -0.25) is 44.7 Å². The average Bonchev–Trinajstić information content (AvgIpc) is 1.59. The first-order valence-electron chi connectivity index (χ1n) is 45.3. The maximum atomic E-state index is 11.2. The summed E-state index contributed by atoms with van der Waals surface area (Å²) < 4.78 is 10.3. The second-order valence-corrected chi connectivity index (χ2v) is 35.2. The number of rotatable bonds is 36. The number of carbonyl (C=O) groups is 1. The van der Waals surface area contributed by atoms with Crippen molar-refractivity contribution in [3.63, 3.8) is 0 Å². The third-order valence-corrected chi connectivity index (χ3v) is 19.4. The standard InChI is InChI=1S/C15H24N2.C10H20N2.C9H24N4.2C9H14N2.C8H16N2O.C8H13NO.C7H18N2O.C7H16N2.C5H13N3.C5H14N2/c1-13(2)16-15-9-6-10-17(12-15)11-14-7-4-3-5-8-14;1-8(2)12-7-9(3)5-10(12,4)6-11-9;1-9(2)12-5-8-13(6-3-10)7-4-11;1-8(2)11-7-9-4-3-5-10-6-9;1-8(2)11-7-9-5-3-4-6-10-9;1-6(2)10-5-4-9-8(11)7(10)3;1-7(2)9-6-8-4-3-5-10-8;1-7(2)9-4-6-10-5-3-8;1-7(2)9-5-3-8-4-6-9;1-4(2)8-3-5(6)7;1-5(2)7-4-3-6/h3-5,7-8,13,15-16H,6,9-12H2,1-2H3;8,11H,5-7H2,1-4H3;9,12H,3-8,10-11H2,1-2H3;2*3-6,8,11H,7H2,1-2H3;6-7H,4-5H2,1-3H3,(H,9,11);3-5,7,9H,6H2,1-2H3;7,9H,3-6,8H2,1-2H3;7-8H,3-6H2,1-2H3;4,8H,3H2,1-2H3,(H3,6,7);5,7H,3-4,6H2,1-2H3. The Hall–Kier alpha value is -5.06. The van der Waals surface area contributed by atoms with Crippen LogP contribution in [0.3, 0.4) is 0 Å². The van der Waals surface area contributed by atoms with Crippen molar-refractivity contribution in [1.82, 2.24) is 93.0 Å². The molecule has 0 radical (unpaired) electrons. The fraction of sp³-hybridized carbons (Fsp3) is 0.761. The lowest BCUT2D eigenvalue weighted by atomic mass is 9.97. The molecule has 8 heterocycles. The molecule has 27 heteroatoms. The highest BCUT2D eigenvalue weighted by molar-refractivity contribution is 5.82. The summed E-state index contributed by atoms with van der Waals surface area (Å²) in [5.74, 6) is 1.34. The number of aromatic nitrogens is 2. The topological polar surface area (TPSA) is 368 Å². The number of hydrogen-bond donors (Lipinski definition) is 17. The maximum absolute atomic E-state index is 11.2. The summed E-state index contributed by atoms with van der Waals surface area (Å²) in [6.07, 6.45) is 11.1. The molecule has 5 saturated heterocycles. The van der Waals surface area contributed by atoms with Crippen LogP contribution in [-0.4, -0.2) is 286 Å². The minimum Gasteiger partial charge on any atom is -0.468 e. The zero-order valence-electron chi connectivity index (χ0n) is 80.2. The molecular weight excluding hydrogens is 1490 g/mol. The minimum atomic E-state index is 0.0451. The van der Waals surface area contributed by atoms with Gasteiger partial charge in [-0.1, -0.05) is 153 Å². The molecule has 1 aromatic carbocycles. The number of hydrogen-bond acceptors (Lipinski definition) is 25. The van der Waals surface area contributed by atoms with Crippen molar-refractivity contribution >= 4 is 11.7 Å². The van der Waals surface area contributed by atoms with Gasteiger partial charge in [0, 0.05) is 246 Å². The van der Waals surface area contributed by atoms with Crippen molar-refractivity contribution in [2.75, 3.05) is 151 Å². The van der Waals surface area contributed by atoms with Gasteiger partial charge in [0.1, 0.15) is 11.6 Å². The Morgan fingerprint density at radius 1 is 0.597 bits per heavy atom. The lowest BCUT2D eigenvalue weighted by molar-refractivity contribution is -0.129. The van der Waals surface area contributed by atoms with E-state index in [1.165, 1.54) is 69.7 Å². The number of piperazine rings is 3. The van der Waals surface area contributed by atoms with Crippen LogP contribution in [0.2, 0.25) is 0 Å². The van der Waals surface area contributed by atoms with E-state index in [1.807, 2.05) is 69.6 Å². The number of likely N-dealkylation sites (tertiary alicyclic amines) is 2. The fourth-order valence-corrected chi connectivity index (χ4v) is 13.3. The lowest BCUT2D eigenvalue weighted by Gasteiger charge is -2.40. The van der Waals surface area contributed by atoms with Crippen molar-refractivity contribution in [3.05, 3.63) is 120 Å². The Labute approximate surface area is 728 Å². The first-order valence-corrected chi connectivity index (χ1v) is 45.3. The molecular formula is C92H186N24O3. The van der Waals surface area contributed by atoms with Crippen molar-refractivity contribution in [1.29, 1.82) is 5.41 Å². The van der Waals surface area contributed by atoms with Gasteiger partial charge in [0.25, 0.3) is 0 Å². The van der Waals surface area contributed by atoms with Crippen molar-refractivity contribution in [2.45, 2.75) is 308 Å². The second-order valence-electron chi connectivity index (χ2n) is 35.2. The number of fused-ring (bicyclic) bond motifs is 2. The van der Waals surface area contributed by atoms with E-state index < -0.39 is 0 Å². The molecule has 27 nitrogen and oxygen atoms in total. The van der Waals surface area contributed by atoms with E-state index in [4.69, 9.17) is 43.2 Å². The monoisotopic (exact) mass is 1680 g/mol. The van der Waals surface area contributed by atoms with Gasteiger partial charge in [-0.25, -0.2) is 0 Å². The molecule has 4 aromatic rings. The molecule has 4 unspecified atom stereocenters. The number of ether oxygens (including phenoxy) is 1. The molecule has 692 valence electrons. The van der Waals surface area contributed by atoms with Crippen LogP contribution in [0.4, 0.5) is 0 Å². The fourth-order valence-electron chi connectivity index (χ4n) is 13.3. The second kappa shape index (κ2) is 72.3. The molecule has 0 saturated carbocycles. The number of piperidine rings is 1. The third-order valence-electron chi connectivity index (χ3n) is 19.4. The molecule has 22 N–H and O–H groups in total. The minimum absolute atomic E-state index is 0.0451. The molecule has 3 aromatic heterocycles. The summed E-state index contributed by atoms with van der Waals surface area (Å²) >= 11 is 0. The van der Waals surface area contributed by atoms with Crippen LogP contribution < -0.4 is 87.2 Å². The number of furan rings is 1. The van der Waals surface area contributed by atoms with Crippen LogP contribution in [0, 0.1) is 5.41 Å². The van der Waals surface area contributed by atoms with E-state index in [0.717, 1.165) is 122 Å². The van der Waals surface area contributed by atoms with Gasteiger partial charge in [-0.2, -0.15) is 0 Å². The number of nitrogens with one attached hydrogen (secondary N) is 12. The lowest BCUT2D eigenvalue weighted by Crippen LogP contribution is -2.56. The van der Waals surface area contributed by atoms with Crippen molar-refractivity contribution in [2.24, 2.45) is 28.7 Å². The summed E-state index contributed by atoms with van der Waals surface area (Å²) in [7, 11) is 0. The van der Waals surface area contributed by atoms with E-state index in [2.05, 4.69) is 282 Å². The van der Waals surface area contributed by atoms with Crippen LogP contribution in [0.15, 0.2) is 102 Å². The highest BCUT2D eigenvalue weighted by Crippen LogP contribution is 2.41. The van der Waals surface area contributed by atoms with Gasteiger partial charge in [0.15, 0.2) is 0 Å². The number of nitrogens with two attached hydrogens (primary N) is 5. The number of pyridine rings is 2. The maximum Gasteiger partial charge on any atom is 0.237 e. The predicted octanol–water partition coefficient (Wildman–Crippen LogP) is 8.35. The van der Waals surface area contributed by atoms with Gasteiger partial charge >= 0.3 is 0 Å². The zero-order valence-corrected chi connectivity index (χ0v) is 80.2. The third kappa shape index (κ3) is 66.2. The van der Waals surface area contributed by atoms with Crippen LogP contribution in [0.25, 0.3) is 0 Å². The Morgan fingerprint density at radius 3 is 1.61 bits per heavy atom. The van der Waals surface area contributed by atoms with Gasteiger partial charge < -0.3 is 96.3 Å². The summed E-state index contributed by atoms with van der Waals surface area (Å²) in [6, 6.07) is 31.5. The quantitative estimate of drug-likeness (QED) is 0.0115. The molecule has 0 spiro atoms. The van der Waals surface area contributed by atoms with E-state index >= 15 is 0 Å². The first kappa shape index (κ1) is 116. The summed E-state index contributed by atoms with van der Waals surface area (Å²) in [4.78, 5) is 31.6. The van der Waals surface area contributed by atoms with Gasteiger partial charge in [-0.05, 0) is 130 Å². The smallest absolute Gasteiger partial charge is 0.237 e. The highest BCUT2D eigenvalue weighted by atomic mass is 16.5. The number of benzene rings is 1. The molecule has 5 aliphatic rings. The van der Waals surface area contributed by atoms with Crippen LogP contribution in [-0.2, 0) is 35.7 Å². The summed E-state index contributed by atoms with van der Waals surface area (Å²) in [5.41, 5.74) is 31.1. The van der Waals surface area contributed by atoms with Crippen LogP contribution in [0.1, 0.15) is 215 Å². The van der Waals surface area contributed by atoms with E-state index in [-0.39, 0.29) is 17.8 Å². The molecule has 1 amide bonds. The number of amidine groups is 1.